The monoisotopic (exact) mass is 1030 g/mol. The molecule has 0 saturated carbocycles. The highest BCUT2D eigenvalue weighted by Crippen LogP contribution is 2.66. The fraction of sp³-hybridized carbons (Fsp3) is 0.213. The number of hydrogen-bond acceptors (Lipinski definition) is 9. The van der Waals surface area contributed by atoms with Gasteiger partial charge in [0.15, 0.2) is 0 Å². The Labute approximate surface area is 449 Å². The van der Waals surface area contributed by atoms with Gasteiger partial charge in [-0.3, -0.25) is 59.1 Å². The summed E-state index contributed by atoms with van der Waals surface area (Å²) in [6.07, 6.45) is 6.96. The highest BCUT2D eigenvalue weighted by atomic mass is 16.2. The number of nitrogens with zero attached hydrogens (tertiary/aromatic N) is 12. The van der Waals surface area contributed by atoms with Crippen molar-refractivity contribution in [1.29, 1.82) is 0 Å². The third kappa shape index (κ3) is 5.87. The largest absolute Gasteiger partial charge is 0.400 e. The van der Waals surface area contributed by atoms with Crippen LogP contribution in [0.4, 0.5) is 19.2 Å². The lowest BCUT2D eigenvalue weighted by atomic mass is 9.84. The van der Waals surface area contributed by atoms with Crippen LogP contribution in [0.1, 0.15) is 67.3 Å². The molecule has 0 radical (unpaired) electrons. The van der Waals surface area contributed by atoms with E-state index in [0.29, 0.717) is 75.1 Å². The van der Waals surface area contributed by atoms with Gasteiger partial charge in [0.1, 0.15) is 0 Å². The van der Waals surface area contributed by atoms with Crippen LogP contribution in [0, 0.1) is 0 Å². The number of urea groups is 4. The minimum absolute atomic E-state index is 0.141. The molecule has 0 unspecified atom stereocenters. The van der Waals surface area contributed by atoms with Crippen LogP contribution >= 0.6 is 0 Å². The van der Waals surface area contributed by atoms with Crippen molar-refractivity contribution in [1.82, 2.24) is 59.1 Å². The number of benzene rings is 4. The van der Waals surface area contributed by atoms with Crippen LogP contribution < -0.4 is 0 Å². The second-order valence-corrected chi connectivity index (χ2v) is 20.4. The molecule has 8 aliphatic heterocycles. The van der Waals surface area contributed by atoms with Crippen molar-refractivity contribution in [2.75, 3.05) is 7.11 Å². The van der Waals surface area contributed by atoms with E-state index < -0.39 is 22.7 Å². The molecule has 4 aromatic heterocycles. The number of aliphatic hydroxyl groups is 1. The maximum atomic E-state index is 14.8. The van der Waals surface area contributed by atoms with Gasteiger partial charge in [0.2, 0.25) is 22.7 Å². The molecule has 17 nitrogen and oxygen atoms in total. The quantitative estimate of drug-likeness (QED) is 0.182. The average Bonchev–Trinajstić information content (AvgIpc) is 4.01. The Morgan fingerprint density at radius 2 is 0.423 bits per heavy atom. The van der Waals surface area contributed by atoms with Crippen LogP contribution in [-0.4, -0.2) is 95.5 Å². The lowest BCUT2D eigenvalue weighted by molar-refractivity contribution is -0.0847. The van der Waals surface area contributed by atoms with Crippen LogP contribution in [0.3, 0.4) is 0 Å². The van der Waals surface area contributed by atoms with E-state index in [4.69, 9.17) is 25.0 Å². The molecular formula is C61H52N12O5. The van der Waals surface area contributed by atoms with E-state index in [0.717, 1.165) is 51.6 Å². The molecule has 8 amide bonds. The molecule has 386 valence electrons. The number of carbonyl (C=O) groups is 4. The van der Waals surface area contributed by atoms with Gasteiger partial charge in [0.05, 0.1) is 75.1 Å². The lowest BCUT2D eigenvalue weighted by Crippen LogP contribution is -2.63. The number of aromatic nitrogens is 4. The van der Waals surface area contributed by atoms with Gasteiger partial charge in [-0.2, -0.15) is 0 Å². The summed E-state index contributed by atoms with van der Waals surface area (Å²) in [4.78, 5) is 93.4. The third-order valence-corrected chi connectivity index (χ3v) is 17.1. The Morgan fingerprint density at radius 3 is 0.564 bits per heavy atom. The number of rotatable bonds is 4. The Kier molecular flexibility index (Phi) is 10.6. The smallest absolute Gasteiger partial charge is 0.325 e. The Bertz CT molecular complexity index is 3080. The lowest BCUT2D eigenvalue weighted by Gasteiger charge is -2.47. The van der Waals surface area contributed by atoms with Crippen molar-refractivity contribution < 1.29 is 24.3 Å². The van der Waals surface area contributed by atoms with Crippen LogP contribution in [0.5, 0.6) is 0 Å². The summed E-state index contributed by atoms with van der Waals surface area (Å²) in [5, 5.41) is 7.00. The molecule has 16 rings (SSSR count). The van der Waals surface area contributed by atoms with Crippen LogP contribution in [0.15, 0.2) is 195 Å². The van der Waals surface area contributed by atoms with Crippen LogP contribution in [0.25, 0.3) is 0 Å². The fourth-order valence-electron chi connectivity index (χ4n) is 14.2. The van der Waals surface area contributed by atoms with Crippen molar-refractivity contribution in [3.8, 4) is 0 Å². The van der Waals surface area contributed by atoms with Crippen molar-refractivity contribution in [2.24, 2.45) is 0 Å². The standard InChI is InChI=1S/2C30H24N6O2.CH4O/c2*37-27-33-17-21-9-1-2-10-22(21)18-34-28(38)36-20-24-12-4-3-11-23(24)19-35(27)30(36,26-14-6-8-16-32-26)29(33,34)25-13-5-7-15-31-25;1-2/h2*1-16H,17-20H2;2H,1H3. The summed E-state index contributed by atoms with van der Waals surface area (Å²) in [5.41, 5.74) is 5.86. The molecule has 8 aliphatic rings. The first kappa shape index (κ1) is 47.0. The van der Waals surface area contributed by atoms with Gasteiger partial charge in [-0.05, 0) is 93.0 Å². The minimum atomic E-state index is -1.24. The third-order valence-electron chi connectivity index (χ3n) is 17.1. The summed E-state index contributed by atoms with van der Waals surface area (Å²) < 4.78 is 0. The molecule has 0 spiro atoms. The number of pyridine rings is 4. The SMILES string of the molecule is CO.O=C1N2Cc3ccccc3CN3C(=O)N4Cc5ccccc5CN1C4(c1ccccn1)C23c1ccccn1.O=C1N2Cc3ccccc3CN3C(=O)N4Cc5ccccc5CN1C4(c1ccccn1)C23c1ccccn1. The van der Waals surface area contributed by atoms with Gasteiger partial charge in [0.25, 0.3) is 0 Å². The average molecular weight is 1030 g/mol. The normalized spacial score (nSPS) is 24.5. The molecule has 0 aliphatic carbocycles. The Balaban J connectivity index is 0.000000137. The molecule has 12 heterocycles. The van der Waals surface area contributed by atoms with Crippen LogP contribution in [0.2, 0.25) is 0 Å². The molecular weight excluding hydrogens is 981 g/mol. The van der Waals surface area contributed by atoms with Crippen molar-refractivity contribution in [3.63, 3.8) is 0 Å². The van der Waals surface area contributed by atoms with Crippen molar-refractivity contribution in [2.45, 2.75) is 75.0 Å². The predicted molar refractivity (Wildman–Crippen MR) is 283 cm³/mol. The first-order valence-corrected chi connectivity index (χ1v) is 26.1. The molecule has 4 fully saturated rings. The van der Waals surface area contributed by atoms with E-state index in [1.54, 1.807) is 24.8 Å². The summed E-state index contributed by atoms with van der Waals surface area (Å²) in [6, 6.07) is 54.6. The number of amides is 8. The highest BCUT2D eigenvalue weighted by Gasteiger charge is 2.83. The maximum Gasteiger partial charge on any atom is 0.325 e. The van der Waals surface area contributed by atoms with E-state index in [1.807, 2.05) is 209 Å². The highest BCUT2D eigenvalue weighted by molar-refractivity contribution is 5.91. The topological polar surface area (TPSA) is 166 Å². The van der Waals surface area contributed by atoms with Gasteiger partial charge in [-0.1, -0.05) is 121 Å². The zero-order valence-electron chi connectivity index (χ0n) is 42.6. The molecule has 8 aromatic rings. The first-order valence-electron chi connectivity index (χ1n) is 26.1. The predicted octanol–water partition coefficient (Wildman–Crippen LogP) is 8.38. The van der Waals surface area contributed by atoms with E-state index >= 15 is 0 Å². The van der Waals surface area contributed by atoms with E-state index in [1.165, 1.54) is 0 Å². The molecule has 0 atom stereocenters. The summed E-state index contributed by atoms with van der Waals surface area (Å²) in [7, 11) is 1.00. The molecule has 78 heavy (non-hydrogen) atoms. The number of carbonyl (C=O) groups excluding carboxylic acids is 4. The summed E-state index contributed by atoms with van der Waals surface area (Å²) in [5.74, 6) is 0. The second-order valence-electron chi connectivity index (χ2n) is 20.4. The van der Waals surface area contributed by atoms with Gasteiger partial charge >= 0.3 is 24.1 Å². The zero-order valence-corrected chi connectivity index (χ0v) is 42.6. The van der Waals surface area contributed by atoms with Gasteiger partial charge < -0.3 is 5.11 Å². The fourth-order valence-corrected chi connectivity index (χ4v) is 14.2. The molecule has 17 heteroatoms. The van der Waals surface area contributed by atoms with Crippen LogP contribution in [-0.2, 0) is 75.0 Å². The number of aliphatic hydroxyl groups excluding tert-OH is 1. The maximum absolute atomic E-state index is 14.8. The number of fused-ring (bicyclic) bond motifs is 4. The van der Waals surface area contributed by atoms with E-state index in [2.05, 4.69) is 0 Å². The minimum Gasteiger partial charge on any atom is -0.400 e. The van der Waals surface area contributed by atoms with Gasteiger partial charge in [-0.15, -0.1) is 0 Å². The van der Waals surface area contributed by atoms with E-state index in [-0.39, 0.29) is 24.1 Å². The molecule has 4 saturated heterocycles. The number of hydrogen-bond donors (Lipinski definition) is 1. The molecule has 4 aromatic carbocycles. The second kappa shape index (κ2) is 17.5. The summed E-state index contributed by atoms with van der Waals surface area (Å²) >= 11 is 0. The van der Waals surface area contributed by atoms with Crippen molar-refractivity contribution in [3.05, 3.63) is 262 Å². The van der Waals surface area contributed by atoms with Gasteiger partial charge in [0, 0.05) is 31.9 Å². The Hall–Kier alpha value is -9.48. The molecule has 0 bridgehead atoms. The molecule has 1 N–H and O–H groups in total. The summed E-state index contributed by atoms with van der Waals surface area (Å²) in [6.45, 7) is 2.86. The zero-order chi connectivity index (χ0) is 53.0. The first-order chi connectivity index (χ1) is 38.3. The van der Waals surface area contributed by atoms with E-state index in [9.17, 15) is 19.2 Å². The Morgan fingerprint density at radius 1 is 0.269 bits per heavy atom. The van der Waals surface area contributed by atoms with Crippen molar-refractivity contribution >= 4 is 24.1 Å². The van der Waals surface area contributed by atoms with Gasteiger partial charge in [-0.25, -0.2) is 19.2 Å².